The maximum Gasteiger partial charge on any atom is 0.328 e. The first-order valence-corrected chi connectivity index (χ1v) is 10.8. The number of nitriles is 1. The molecule has 162 valence electrons. The van der Waals surface area contributed by atoms with Gasteiger partial charge in [0.1, 0.15) is 0 Å². The van der Waals surface area contributed by atoms with Crippen molar-refractivity contribution in [3.05, 3.63) is 106 Å². The minimum Gasteiger partial charge on any atom is -0.478 e. The van der Waals surface area contributed by atoms with Crippen LogP contribution in [0.2, 0.25) is 5.02 Å². The van der Waals surface area contributed by atoms with Crippen molar-refractivity contribution in [2.45, 2.75) is 13.3 Å². The fraction of sp³-hybridized carbons (Fsp3) is 0.0741. The summed E-state index contributed by atoms with van der Waals surface area (Å²) in [7, 11) is 0. The van der Waals surface area contributed by atoms with Crippen molar-refractivity contribution in [2.75, 3.05) is 0 Å². The van der Waals surface area contributed by atoms with Gasteiger partial charge in [-0.2, -0.15) is 10.4 Å². The molecule has 0 atom stereocenters. The second kappa shape index (κ2) is 9.56. The molecule has 0 unspecified atom stereocenters. The van der Waals surface area contributed by atoms with Gasteiger partial charge >= 0.3 is 5.97 Å². The quantitative estimate of drug-likeness (QED) is 0.255. The fourth-order valence-electron chi connectivity index (χ4n) is 3.87. The second-order valence-electron chi connectivity index (χ2n) is 7.48. The molecular weight excluding hydrogens is 434 g/mol. The molecule has 0 spiro atoms. The van der Waals surface area contributed by atoms with Gasteiger partial charge in [0.15, 0.2) is 0 Å². The Morgan fingerprint density at radius 2 is 1.88 bits per heavy atom. The number of aromatic nitrogens is 2. The first-order chi connectivity index (χ1) is 16.0. The van der Waals surface area contributed by atoms with Crippen molar-refractivity contribution < 1.29 is 9.90 Å². The van der Waals surface area contributed by atoms with Crippen LogP contribution in [-0.2, 0) is 4.79 Å². The van der Waals surface area contributed by atoms with Gasteiger partial charge in [0.05, 0.1) is 23.3 Å². The number of benzene rings is 3. The van der Waals surface area contributed by atoms with Crippen LogP contribution in [-0.4, -0.2) is 21.3 Å². The Balaban J connectivity index is 1.94. The molecule has 1 aromatic heterocycles. The standard InChI is InChI=1S/C27H20ClN3O2/c1-2-22(23-10-5-18(15-29)13-24(23)28)27(20-9-11-25-21(14-20)16-30-31-25)19-7-3-17(4-8-19)6-12-26(32)33/h3-14,16H,2H2,1H3,(H,30,31)(H,32,33)/b12-6+,27-22-. The molecule has 0 saturated heterocycles. The molecule has 5 nitrogen and oxygen atoms in total. The zero-order chi connectivity index (χ0) is 23.4. The fourth-order valence-corrected chi connectivity index (χ4v) is 4.17. The molecular formula is C27H20ClN3O2. The number of carbonyl (C=O) groups is 1. The molecule has 0 aliphatic carbocycles. The van der Waals surface area contributed by atoms with E-state index in [0.29, 0.717) is 17.0 Å². The van der Waals surface area contributed by atoms with Crippen LogP contribution in [0.15, 0.2) is 72.9 Å². The second-order valence-corrected chi connectivity index (χ2v) is 7.89. The van der Waals surface area contributed by atoms with Crippen LogP contribution < -0.4 is 0 Å². The first-order valence-electron chi connectivity index (χ1n) is 10.4. The van der Waals surface area contributed by atoms with Crippen LogP contribution in [0, 0.1) is 11.3 Å². The van der Waals surface area contributed by atoms with Crippen LogP contribution >= 0.6 is 11.6 Å². The number of hydrogen-bond donors (Lipinski definition) is 2. The average Bonchev–Trinajstić information content (AvgIpc) is 3.30. The third kappa shape index (κ3) is 4.72. The van der Waals surface area contributed by atoms with Crippen molar-refractivity contribution in [2.24, 2.45) is 0 Å². The summed E-state index contributed by atoms with van der Waals surface area (Å²) >= 11 is 6.61. The number of rotatable bonds is 6. The highest BCUT2D eigenvalue weighted by Crippen LogP contribution is 2.38. The lowest BCUT2D eigenvalue weighted by molar-refractivity contribution is -0.131. The van der Waals surface area contributed by atoms with Gasteiger partial charge in [0.2, 0.25) is 0 Å². The molecule has 0 aliphatic rings. The predicted molar refractivity (Wildman–Crippen MR) is 132 cm³/mol. The maximum absolute atomic E-state index is 10.8. The van der Waals surface area contributed by atoms with Gasteiger partial charge in [-0.25, -0.2) is 4.79 Å². The third-order valence-electron chi connectivity index (χ3n) is 5.43. The van der Waals surface area contributed by atoms with Crippen molar-refractivity contribution in [1.29, 1.82) is 5.26 Å². The van der Waals surface area contributed by atoms with Gasteiger partial charge < -0.3 is 5.11 Å². The molecule has 2 N–H and O–H groups in total. The summed E-state index contributed by atoms with van der Waals surface area (Å²) in [6, 6.07) is 21.3. The van der Waals surface area contributed by atoms with Crippen LogP contribution in [0.1, 0.15) is 41.2 Å². The summed E-state index contributed by atoms with van der Waals surface area (Å²) in [6.45, 7) is 2.07. The molecule has 0 aliphatic heterocycles. The third-order valence-corrected chi connectivity index (χ3v) is 5.74. The molecule has 0 fully saturated rings. The van der Waals surface area contributed by atoms with E-state index in [0.717, 1.165) is 50.4 Å². The number of aliphatic carboxylic acids is 1. The largest absolute Gasteiger partial charge is 0.478 e. The molecule has 6 heteroatoms. The van der Waals surface area contributed by atoms with Crippen LogP contribution in [0.5, 0.6) is 0 Å². The number of fused-ring (bicyclic) bond motifs is 1. The minimum absolute atomic E-state index is 0.509. The van der Waals surface area contributed by atoms with E-state index in [-0.39, 0.29) is 0 Å². The monoisotopic (exact) mass is 453 g/mol. The van der Waals surface area contributed by atoms with Crippen molar-refractivity contribution in [3.63, 3.8) is 0 Å². The number of carboxylic acid groups (broad SMARTS) is 1. The van der Waals surface area contributed by atoms with E-state index in [9.17, 15) is 10.1 Å². The lowest BCUT2D eigenvalue weighted by Crippen LogP contribution is -1.96. The Bertz CT molecular complexity index is 1440. The summed E-state index contributed by atoms with van der Waals surface area (Å²) in [5.74, 6) is -0.989. The van der Waals surface area contributed by atoms with E-state index in [2.05, 4.69) is 29.3 Å². The van der Waals surface area contributed by atoms with Gasteiger partial charge in [-0.15, -0.1) is 0 Å². The molecule has 4 rings (SSSR count). The minimum atomic E-state index is -0.989. The summed E-state index contributed by atoms with van der Waals surface area (Å²) in [4.78, 5) is 10.8. The molecule has 33 heavy (non-hydrogen) atoms. The van der Waals surface area contributed by atoms with Crippen LogP contribution in [0.3, 0.4) is 0 Å². The highest BCUT2D eigenvalue weighted by Gasteiger charge is 2.16. The van der Waals surface area contributed by atoms with Gasteiger partial charge in [-0.3, -0.25) is 5.10 Å². The zero-order valence-electron chi connectivity index (χ0n) is 17.8. The number of H-pyrrole nitrogens is 1. The highest BCUT2D eigenvalue weighted by molar-refractivity contribution is 6.33. The molecule has 0 saturated carbocycles. The number of halogens is 1. The van der Waals surface area contributed by atoms with Gasteiger partial charge in [0, 0.05) is 16.5 Å². The topological polar surface area (TPSA) is 89.8 Å². The maximum atomic E-state index is 10.8. The van der Waals surface area contributed by atoms with Crippen LogP contribution in [0.4, 0.5) is 0 Å². The molecule has 0 amide bonds. The lowest BCUT2D eigenvalue weighted by Gasteiger charge is -2.18. The van der Waals surface area contributed by atoms with E-state index in [1.807, 2.05) is 42.5 Å². The Kier molecular flexibility index (Phi) is 6.39. The molecule has 0 bridgehead atoms. The molecule has 0 radical (unpaired) electrons. The number of aromatic amines is 1. The van der Waals surface area contributed by atoms with E-state index >= 15 is 0 Å². The normalized spacial score (nSPS) is 12.0. The van der Waals surface area contributed by atoms with Crippen molar-refractivity contribution >= 4 is 45.7 Å². The smallest absolute Gasteiger partial charge is 0.328 e. The number of carboxylic acids is 1. The van der Waals surface area contributed by atoms with E-state index in [4.69, 9.17) is 16.7 Å². The average molecular weight is 454 g/mol. The van der Waals surface area contributed by atoms with Crippen LogP contribution in [0.25, 0.3) is 28.1 Å². The number of allylic oxidation sites excluding steroid dienone is 1. The number of hydrogen-bond acceptors (Lipinski definition) is 3. The molecule has 4 aromatic rings. The Morgan fingerprint density at radius 3 is 2.55 bits per heavy atom. The number of nitrogens with zero attached hydrogens (tertiary/aromatic N) is 2. The summed E-state index contributed by atoms with van der Waals surface area (Å²) in [5, 5.41) is 26.7. The summed E-state index contributed by atoms with van der Waals surface area (Å²) < 4.78 is 0. The van der Waals surface area contributed by atoms with Gasteiger partial charge in [-0.05, 0) is 70.2 Å². The summed E-state index contributed by atoms with van der Waals surface area (Å²) in [5.41, 5.74) is 7.16. The first kappa shape index (κ1) is 22.1. The highest BCUT2D eigenvalue weighted by atomic mass is 35.5. The summed E-state index contributed by atoms with van der Waals surface area (Å²) in [6.07, 6.45) is 5.18. The van der Waals surface area contributed by atoms with Crippen molar-refractivity contribution in [1.82, 2.24) is 10.2 Å². The molecule has 3 aromatic carbocycles. The van der Waals surface area contributed by atoms with Crippen molar-refractivity contribution in [3.8, 4) is 6.07 Å². The Hall–Kier alpha value is -4.14. The SMILES string of the molecule is CC/C(=C(\c1ccc(/C=C/C(=O)O)cc1)c1ccc2[nH]ncc2c1)c1ccc(C#N)cc1Cl. The molecule has 1 heterocycles. The van der Waals surface area contributed by atoms with Gasteiger partial charge in [0.25, 0.3) is 0 Å². The van der Waals surface area contributed by atoms with E-state index in [1.54, 1.807) is 24.4 Å². The zero-order valence-corrected chi connectivity index (χ0v) is 18.6. The Labute approximate surface area is 196 Å². The predicted octanol–water partition coefficient (Wildman–Crippen LogP) is 6.55. The Morgan fingerprint density at radius 1 is 1.12 bits per heavy atom. The lowest BCUT2D eigenvalue weighted by atomic mass is 9.87. The van der Waals surface area contributed by atoms with Gasteiger partial charge in [-0.1, -0.05) is 54.9 Å². The van der Waals surface area contributed by atoms with E-state index in [1.165, 1.54) is 0 Å². The van der Waals surface area contributed by atoms with E-state index < -0.39 is 5.97 Å². The number of nitrogens with one attached hydrogen (secondary N) is 1.